The van der Waals surface area contributed by atoms with E-state index < -0.39 is 31.4 Å². The van der Waals surface area contributed by atoms with Crippen molar-refractivity contribution in [3.8, 4) is 11.1 Å². The highest BCUT2D eigenvalue weighted by molar-refractivity contribution is 7.90. The second-order valence-corrected chi connectivity index (χ2v) is 33.1. The summed E-state index contributed by atoms with van der Waals surface area (Å²) in [5, 5.41) is 9.70. The Kier molecular flexibility index (Phi) is 15.0. The van der Waals surface area contributed by atoms with Crippen molar-refractivity contribution in [3.05, 3.63) is 62.2 Å². The Morgan fingerprint density at radius 3 is 2.23 bits per heavy atom. The Morgan fingerprint density at radius 1 is 1.04 bits per heavy atom. The van der Waals surface area contributed by atoms with E-state index in [1.165, 1.54) is 6.33 Å². The molecule has 15 heteroatoms. The summed E-state index contributed by atoms with van der Waals surface area (Å²) in [5.41, 5.74) is 3.76. The van der Waals surface area contributed by atoms with E-state index in [2.05, 4.69) is 90.7 Å². The molecule has 56 heavy (non-hydrogen) atoms. The van der Waals surface area contributed by atoms with Crippen LogP contribution >= 0.6 is 34.5 Å². The van der Waals surface area contributed by atoms with Gasteiger partial charge in [-0.25, -0.2) is 23.5 Å². The average Bonchev–Trinajstić information content (AvgIpc) is 3.65. The zero-order chi connectivity index (χ0) is 42.2. The lowest BCUT2D eigenvalue weighted by atomic mass is 9.94. The molecule has 0 unspecified atom stereocenters. The number of rotatable bonds is 17. The minimum atomic E-state index is -3.79. The number of hydrogen-bond donors (Lipinski definition) is 2. The van der Waals surface area contributed by atoms with E-state index in [1.54, 1.807) is 32.2 Å². The predicted molar refractivity (Wildman–Crippen MR) is 240 cm³/mol. The van der Waals surface area contributed by atoms with Gasteiger partial charge in [0.25, 0.3) is 0 Å². The van der Waals surface area contributed by atoms with Crippen LogP contribution in [0.25, 0.3) is 11.1 Å². The van der Waals surface area contributed by atoms with E-state index >= 15 is 0 Å². The number of aryl methyl sites for hydroxylation is 1. The Labute approximate surface area is 352 Å². The minimum absolute atomic E-state index is 0.00223. The number of aromatic nitrogens is 2. The van der Waals surface area contributed by atoms with Crippen LogP contribution in [0, 0.1) is 5.92 Å². The summed E-state index contributed by atoms with van der Waals surface area (Å²) >= 11 is 14.8. The van der Waals surface area contributed by atoms with Crippen LogP contribution in [0.1, 0.15) is 116 Å². The number of hydrogen-bond acceptors (Lipinski definition) is 9. The number of sulfonamides is 1. The zero-order valence-electron chi connectivity index (χ0n) is 35.5. The maximum atomic E-state index is 14.3. The topological polar surface area (TPSA) is 133 Å². The third-order valence-corrected chi connectivity index (χ3v) is 26.5. The molecule has 0 saturated heterocycles. The fourth-order valence-electron chi connectivity index (χ4n) is 7.97. The quantitative estimate of drug-likeness (QED) is 0.101. The van der Waals surface area contributed by atoms with Gasteiger partial charge in [0.15, 0.2) is 8.32 Å². The second-order valence-electron chi connectivity index (χ2n) is 18.6. The fraction of sp³-hybridized carbons (Fsp3) is 0.634. The lowest BCUT2D eigenvalue weighted by Gasteiger charge is -2.45. The highest BCUT2D eigenvalue weighted by Gasteiger charge is 2.50. The molecule has 3 N–H and O–H groups in total. The first-order valence-electron chi connectivity index (χ1n) is 19.8. The molecule has 2 heterocycles. The van der Waals surface area contributed by atoms with Crippen LogP contribution in [0.15, 0.2) is 36.8 Å². The minimum Gasteiger partial charge on any atom is -0.416 e. The van der Waals surface area contributed by atoms with Gasteiger partial charge in [-0.2, -0.15) is 0 Å². The summed E-state index contributed by atoms with van der Waals surface area (Å²) < 4.78 is 38.0. The molecule has 0 aliphatic heterocycles. The number of nitrogens with zero attached hydrogens (tertiary/aromatic N) is 2. The molecule has 1 aliphatic rings. The van der Waals surface area contributed by atoms with E-state index in [4.69, 9.17) is 37.2 Å². The molecule has 4 rings (SSSR count). The van der Waals surface area contributed by atoms with Crippen molar-refractivity contribution in [2.45, 2.75) is 153 Å². The third kappa shape index (κ3) is 10.2. The van der Waals surface area contributed by atoms with Crippen LogP contribution in [0.5, 0.6) is 0 Å². The number of halogens is 2. The maximum absolute atomic E-state index is 14.3. The molecule has 0 spiro atoms. The second kappa shape index (κ2) is 17.9. The molecule has 1 fully saturated rings. The number of carbonyl (C=O) groups excluding carboxylic acids is 1. The lowest BCUT2D eigenvalue weighted by molar-refractivity contribution is 0.0971. The maximum Gasteiger partial charge on any atom is 0.214 e. The zero-order valence-corrected chi connectivity index (χ0v) is 40.7. The lowest BCUT2D eigenvalue weighted by Crippen LogP contribution is -2.51. The molecule has 0 amide bonds. The molecule has 9 nitrogen and oxygen atoms in total. The Hall–Kier alpha value is -1.69. The molecule has 2 aromatic heterocycles. The molecule has 0 radical (unpaired) electrons. The largest absolute Gasteiger partial charge is 0.416 e. The van der Waals surface area contributed by atoms with Gasteiger partial charge in [-0.15, -0.1) is 11.3 Å². The molecule has 312 valence electrons. The van der Waals surface area contributed by atoms with Gasteiger partial charge in [0, 0.05) is 40.9 Å². The molecule has 1 aliphatic carbocycles. The van der Waals surface area contributed by atoms with E-state index in [-0.39, 0.29) is 35.3 Å². The molecule has 3 atom stereocenters. The Morgan fingerprint density at radius 2 is 1.66 bits per heavy atom. The molecule has 1 saturated carbocycles. The molecule has 0 bridgehead atoms. The van der Waals surface area contributed by atoms with E-state index in [0.717, 1.165) is 29.7 Å². The SMILES string of the molecule is CC(C)[Si](O[C@H]1C[C@H](Nc2ncncc2C(=O)c2cc(-c3c(Cl)cccc3CCC(C)(C)S(N)(=O)=O)c(Cl)s2)C[C@@H]1CO[Si](C)(C)C(C)(C)C)(C(C)C)C(C)C. The predicted octanol–water partition coefficient (Wildman–Crippen LogP) is 11.5. The monoisotopic (exact) mass is 882 g/mol. The first-order chi connectivity index (χ1) is 25.7. The Balaban J connectivity index is 1.64. The number of thiophene rings is 1. The van der Waals surface area contributed by atoms with Crippen molar-refractivity contribution >= 4 is 72.8 Å². The molecular formula is C41H64Cl2N4O5S2Si2. The van der Waals surface area contributed by atoms with Gasteiger partial charge in [0.2, 0.25) is 24.1 Å². The number of anilines is 1. The summed E-state index contributed by atoms with van der Waals surface area (Å²) in [6, 6.07) is 7.22. The number of benzene rings is 1. The molecule has 3 aromatic rings. The van der Waals surface area contributed by atoms with Crippen molar-refractivity contribution in [2.24, 2.45) is 11.1 Å². The number of carbonyl (C=O) groups is 1. The van der Waals surface area contributed by atoms with Crippen LogP contribution in [0.3, 0.4) is 0 Å². The summed E-state index contributed by atoms with van der Waals surface area (Å²) in [6.45, 7) is 29.2. The third-order valence-electron chi connectivity index (χ3n) is 12.5. The first kappa shape index (κ1) is 47.0. The standard InChI is InChI=1S/C41H64Cl2N4O5S2Si2/c1-25(2)56(26(3)4,27(5)6)52-34-20-30(19-29(34)23-51-55(12,13)40(7,8)9)47-39-32(22-45-24-46-39)37(48)35-21-31(38(43)53-35)36-28(15-14-16-33(36)42)17-18-41(10,11)54(44,49)50/h14-16,21-22,24-27,29-30,34H,17-20,23H2,1-13H3,(H2,44,49,50)(H,45,46,47)/t29-,30-,34+/m1/s1. The highest BCUT2D eigenvalue weighted by Crippen LogP contribution is 2.47. The van der Waals surface area contributed by atoms with Crippen LogP contribution in [0.4, 0.5) is 5.82 Å². The molecule has 1 aromatic carbocycles. The summed E-state index contributed by atoms with van der Waals surface area (Å²) in [7, 11) is -8.01. The average molecular weight is 884 g/mol. The van der Waals surface area contributed by atoms with Crippen LogP contribution in [-0.2, 0) is 25.3 Å². The molecular weight excluding hydrogens is 820 g/mol. The van der Waals surface area contributed by atoms with Crippen molar-refractivity contribution in [1.29, 1.82) is 0 Å². The number of primary sulfonamides is 1. The first-order valence-corrected chi connectivity index (χ1v) is 27.9. The fourth-order valence-corrected chi connectivity index (χ4v) is 16.6. The van der Waals surface area contributed by atoms with Gasteiger partial charge in [0.1, 0.15) is 16.5 Å². The van der Waals surface area contributed by atoms with Crippen LogP contribution in [0.2, 0.25) is 44.1 Å². The summed E-state index contributed by atoms with van der Waals surface area (Å²) in [6.07, 6.45) is 5.28. The van der Waals surface area contributed by atoms with Gasteiger partial charge < -0.3 is 14.2 Å². The van der Waals surface area contributed by atoms with Crippen molar-refractivity contribution < 1.29 is 22.1 Å². The van der Waals surface area contributed by atoms with Gasteiger partial charge in [0.05, 0.1) is 21.3 Å². The number of nitrogens with one attached hydrogen (secondary N) is 1. The van der Waals surface area contributed by atoms with Gasteiger partial charge in [-0.3, -0.25) is 4.79 Å². The van der Waals surface area contributed by atoms with Gasteiger partial charge in [-0.05, 0) is 92.0 Å². The number of ketones is 1. The van der Waals surface area contributed by atoms with Crippen molar-refractivity contribution in [2.75, 3.05) is 11.9 Å². The van der Waals surface area contributed by atoms with Crippen molar-refractivity contribution in [1.82, 2.24) is 9.97 Å². The summed E-state index contributed by atoms with van der Waals surface area (Å²) in [5.74, 6) is 0.393. The van der Waals surface area contributed by atoms with Gasteiger partial charge in [-0.1, -0.05) is 97.6 Å². The van der Waals surface area contributed by atoms with Gasteiger partial charge >= 0.3 is 0 Å². The number of nitrogens with two attached hydrogens (primary N) is 1. The van der Waals surface area contributed by atoms with Crippen LogP contribution in [-0.4, -0.2) is 64.3 Å². The van der Waals surface area contributed by atoms with Crippen molar-refractivity contribution in [3.63, 3.8) is 0 Å². The Bertz CT molecular complexity index is 1940. The highest BCUT2D eigenvalue weighted by atomic mass is 35.5. The van der Waals surface area contributed by atoms with Crippen LogP contribution < -0.4 is 10.5 Å². The summed E-state index contributed by atoms with van der Waals surface area (Å²) in [4.78, 5) is 23.6. The van der Waals surface area contributed by atoms with E-state index in [0.29, 0.717) is 66.4 Å². The normalized spacial score (nSPS) is 18.7. The smallest absolute Gasteiger partial charge is 0.214 e. The van der Waals surface area contributed by atoms with E-state index in [9.17, 15) is 13.2 Å². The van der Waals surface area contributed by atoms with E-state index in [1.807, 2.05) is 12.1 Å².